The van der Waals surface area contributed by atoms with Crippen LogP contribution in [-0.2, 0) is 25.9 Å². The molecular formula is C15H38O7Si3. The summed E-state index contributed by atoms with van der Waals surface area (Å²) in [6.07, 6.45) is -0.934. The van der Waals surface area contributed by atoms with E-state index in [4.69, 9.17) is 25.9 Å². The normalized spacial score (nSPS) is 14.4. The quantitative estimate of drug-likeness (QED) is 0.464. The highest BCUT2D eigenvalue weighted by Gasteiger charge is 2.59. The Hall–Kier alpha value is 0.371. The van der Waals surface area contributed by atoms with Gasteiger partial charge in [0.2, 0.25) is 0 Å². The van der Waals surface area contributed by atoms with Crippen LogP contribution < -0.4 is 0 Å². The molecule has 0 aromatic rings. The topological polar surface area (TPSA) is 75.6 Å². The van der Waals surface area contributed by atoms with Crippen molar-refractivity contribution in [3.05, 3.63) is 0 Å². The molecule has 0 aromatic heterocycles. The third kappa shape index (κ3) is 11.6. The molecule has 0 aliphatic carbocycles. The predicted octanol–water partition coefficient (Wildman–Crippen LogP) is 2.50. The van der Waals surface area contributed by atoms with Gasteiger partial charge in [-0.15, -0.1) is 0 Å². The molecule has 0 aliphatic heterocycles. The van der Waals surface area contributed by atoms with Crippen LogP contribution in [0, 0.1) is 0 Å². The maximum absolute atomic E-state index is 11.0. The van der Waals surface area contributed by atoms with Crippen LogP contribution in [-0.4, -0.2) is 57.1 Å². The number of hydrogen-bond acceptors (Lipinski definition) is 7. The van der Waals surface area contributed by atoms with Gasteiger partial charge in [0.25, 0.3) is 0 Å². The highest BCUT2D eigenvalue weighted by Crippen LogP contribution is 2.24. The Bertz CT molecular complexity index is 345. The lowest BCUT2D eigenvalue weighted by Gasteiger charge is -2.37. The largest absolute Gasteiger partial charge is 0.671 e. The predicted molar refractivity (Wildman–Crippen MR) is 104 cm³/mol. The van der Waals surface area contributed by atoms with Crippen molar-refractivity contribution in [3.63, 3.8) is 0 Å². The molecule has 0 atom stereocenters. The van der Waals surface area contributed by atoms with E-state index >= 15 is 0 Å². The zero-order chi connectivity index (χ0) is 19.8. The van der Waals surface area contributed by atoms with E-state index in [1.54, 1.807) is 0 Å². The molecule has 0 fully saturated rings. The molecule has 0 amide bonds. The van der Waals surface area contributed by atoms with Crippen molar-refractivity contribution in [2.75, 3.05) is 0 Å². The molecule has 0 aliphatic rings. The van der Waals surface area contributed by atoms with Crippen LogP contribution in [0.3, 0.4) is 0 Å². The van der Waals surface area contributed by atoms with Gasteiger partial charge in [0.05, 0.1) is 0 Å². The average Bonchev–Trinajstić information content (AvgIpc) is 2.31. The van der Waals surface area contributed by atoms with E-state index in [1.165, 1.54) is 0 Å². The zero-order valence-electron chi connectivity index (χ0n) is 17.5. The molecule has 0 saturated heterocycles. The molecule has 0 radical (unpaired) electrons. The van der Waals surface area contributed by atoms with Crippen LogP contribution >= 0.6 is 0 Å². The van der Waals surface area contributed by atoms with Gasteiger partial charge in [-0.3, -0.25) is 0 Å². The molecule has 1 N–H and O–H groups in total. The van der Waals surface area contributed by atoms with Gasteiger partial charge in [0, 0.05) is 24.4 Å². The molecule has 0 heterocycles. The first kappa shape index (κ1) is 25.4. The van der Waals surface area contributed by atoms with E-state index in [2.05, 4.69) is 13.8 Å². The summed E-state index contributed by atoms with van der Waals surface area (Å²) in [6.45, 7) is 18.9. The fourth-order valence-electron chi connectivity index (χ4n) is 1.85. The second-order valence-corrected chi connectivity index (χ2v) is 14.4. The van der Waals surface area contributed by atoms with Gasteiger partial charge in [-0.05, 0) is 60.9 Å². The maximum atomic E-state index is 11.0. The molecule has 0 spiro atoms. The Morgan fingerprint density at radius 3 is 1.28 bits per heavy atom. The molecular weight excluding hydrogens is 376 g/mol. The summed E-state index contributed by atoms with van der Waals surface area (Å²) < 4.78 is 35.3. The summed E-state index contributed by atoms with van der Waals surface area (Å²) in [4.78, 5) is 11.0. The first-order valence-corrected chi connectivity index (χ1v) is 13.8. The van der Waals surface area contributed by atoms with E-state index in [9.17, 15) is 4.80 Å². The van der Waals surface area contributed by atoms with Crippen molar-refractivity contribution in [2.45, 2.75) is 99.2 Å². The highest BCUT2D eigenvalue weighted by atomic mass is 28.5. The summed E-state index contributed by atoms with van der Waals surface area (Å²) in [5.41, 5.74) is 0.383. The molecule has 0 saturated carbocycles. The lowest BCUT2D eigenvalue weighted by atomic mass is 10.5. The third-order valence-corrected chi connectivity index (χ3v) is 10.2. The maximum Gasteiger partial charge on any atom is 0.671 e. The van der Waals surface area contributed by atoms with Crippen molar-refractivity contribution >= 4 is 27.9 Å². The number of rotatable bonds is 13. The van der Waals surface area contributed by atoms with Gasteiger partial charge in [0.15, 0.2) is 9.76 Å². The molecule has 0 unspecified atom stereocenters. The summed E-state index contributed by atoms with van der Waals surface area (Å²) in [5.74, 6) is 0. The monoisotopic (exact) mass is 414 g/mol. The number of hydrogen-bond donors (Lipinski definition) is 1. The van der Waals surface area contributed by atoms with Gasteiger partial charge < -0.3 is 30.7 Å². The van der Waals surface area contributed by atoms with Crippen LogP contribution in [0.1, 0.15) is 69.2 Å². The van der Waals surface area contributed by atoms with Crippen LogP contribution in [0.2, 0.25) is 5.54 Å². The lowest BCUT2D eigenvalue weighted by molar-refractivity contribution is -0.0677. The first-order chi connectivity index (χ1) is 11.3. The van der Waals surface area contributed by atoms with Crippen molar-refractivity contribution in [1.82, 2.24) is 0 Å². The fourth-order valence-corrected chi connectivity index (χ4v) is 9.80. The lowest BCUT2D eigenvalue weighted by Crippen LogP contribution is -2.63. The van der Waals surface area contributed by atoms with Crippen molar-refractivity contribution in [2.24, 2.45) is 0 Å². The summed E-state index contributed by atoms with van der Waals surface area (Å²) in [7, 11) is -8.62. The molecule has 152 valence electrons. The van der Waals surface area contributed by atoms with Crippen LogP contribution in [0.4, 0.5) is 0 Å². The Kier molecular flexibility index (Phi) is 11.4. The van der Waals surface area contributed by atoms with Gasteiger partial charge >= 0.3 is 18.1 Å². The Morgan fingerprint density at radius 1 is 0.640 bits per heavy atom. The van der Waals surface area contributed by atoms with Gasteiger partial charge in [-0.2, -0.15) is 0 Å². The highest BCUT2D eigenvalue weighted by molar-refractivity contribution is 6.70. The smallest absolute Gasteiger partial charge is 0.400 e. The van der Waals surface area contributed by atoms with E-state index in [1.807, 2.05) is 55.4 Å². The van der Waals surface area contributed by atoms with Crippen LogP contribution in [0.5, 0.6) is 0 Å². The SMILES string of the molecule is CC(C)O[Si](O)(OC(C)C)O[Si](O[SiH2]C(C)C)(OC(C)C)OC(C)C. The minimum atomic E-state index is -4.01. The molecule has 0 aromatic carbocycles. The van der Waals surface area contributed by atoms with Gasteiger partial charge in [-0.1, -0.05) is 13.8 Å². The third-order valence-electron chi connectivity index (χ3n) is 2.38. The standard InChI is InChI=1S/C15H38O7Si3/c1-11(2)17-24(16,18-12(3)4)22-25(19-13(5)6,20-14(7)8)21-23-15(9)10/h11-16H,23H2,1-10H3. The Labute approximate surface area is 158 Å². The fraction of sp³-hybridized carbons (Fsp3) is 1.00. The van der Waals surface area contributed by atoms with E-state index in [0.29, 0.717) is 5.54 Å². The van der Waals surface area contributed by atoms with Crippen molar-refractivity contribution in [1.29, 1.82) is 0 Å². The minimum absolute atomic E-state index is 0.192. The molecule has 7 nitrogen and oxygen atoms in total. The second-order valence-electron chi connectivity index (χ2n) is 7.50. The second kappa shape index (κ2) is 11.3. The zero-order valence-corrected chi connectivity index (χ0v) is 20.9. The average molecular weight is 415 g/mol. The molecule has 25 heavy (non-hydrogen) atoms. The van der Waals surface area contributed by atoms with Gasteiger partial charge in [-0.25, -0.2) is 0 Å². The summed E-state index contributed by atoms with van der Waals surface area (Å²) in [6, 6.07) is 0. The summed E-state index contributed by atoms with van der Waals surface area (Å²) >= 11 is 0. The molecule has 10 heteroatoms. The molecule has 0 rings (SSSR count). The van der Waals surface area contributed by atoms with Crippen LogP contribution in [0.25, 0.3) is 0 Å². The van der Waals surface area contributed by atoms with Gasteiger partial charge in [0.1, 0.15) is 0 Å². The minimum Gasteiger partial charge on any atom is -0.400 e. The van der Waals surface area contributed by atoms with E-state index in [-0.39, 0.29) is 24.4 Å². The van der Waals surface area contributed by atoms with E-state index < -0.39 is 27.9 Å². The Balaban J connectivity index is 5.68. The Morgan fingerprint density at radius 2 is 1.00 bits per heavy atom. The molecule has 0 bridgehead atoms. The van der Waals surface area contributed by atoms with E-state index in [0.717, 1.165) is 0 Å². The summed E-state index contributed by atoms with van der Waals surface area (Å²) in [5, 5.41) is 0. The van der Waals surface area contributed by atoms with Crippen molar-refractivity contribution in [3.8, 4) is 0 Å². The van der Waals surface area contributed by atoms with Crippen molar-refractivity contribution < 1.29 is 30.7 Å². The van der Waals surface area contributed by atoms with Crippen LogP contribution in [0.15, 0.2) is 0 Å². The first-order valence-electron chi connectivity index (χ1n) is 9.07.